The van der Waals surface area contributed by atoms with Crippen molar-refractivity contribution in [1.29, 1.82) is 0 Å². The van der Waals surface area contributed by atoms with Gasteiger partial charge < -0.3 is 9.80 Å². The lowest BCUT2D eigenvalue weighted by atomic mass is 9.93. The van der Waals surface area contributed by atoms with Crippen molar-refractivity contribution in [1.82, 2.24) is 14.9 Å². The van der Waals surface area contributed by atoms with Gasteiger partial charge in [-0.2, -0.15) is 8.42 Å². The van der Waals surface area contributed by atoms with E-state index in [0.29, 0.717) is 25.9 Å². The highest BCUT2D eigenvalue weighted by Gasteiger charge is 2.39. The highest BCUT2D eigenvalue weighted by molar-refractivity contribution is 7.86. The molecule has 5 rings (SSSR count). The van der Waals surface area contributed by atoms with Crippen LogP contribution in [0.1, 0.15) is 18.4 Å². The van der Waals surface area contributed by atoms with E-state index in [1.54, 1.807) is 35.4 Å². The maximum absolute atomic E-state index is 13.4. The monoisotopic (exact) mass is 510 g/mol. The summed E-state index contributed by atoms with van der Waals surface area (Å²) in [7, 11) is -3.86. The summed E-state index contributed by atoms with van der Waals surface area (Å²) in [6.45, 7) is 3.74. The van der Waals surface area contributed by atoms with Gasteiger partial charge in [0, 0.05) is 24.6 Å². The van der Waals surface area contributed by atoms with Crippen molar-refractivity contribution in [3.8, 4) is 11.3 Å². The molecule has 0 aliphatic carbocycles. The number of hydrogen-bond donors (Lipinski definition) is 0. The van der Waals surface area contributed by atoms with Crippen LogP contribution in [0.2, 0.25) is 0 Å². The van der Waals surface area contributed by atoms with Gasteiger partial charge in [-0.1, -0.05) is 17.7 Å². The van der Waals surface area contributed by atoms with Gasteiger partial charge in [-0.25, -0.2) is 14.4 Å². The van der Waals surface area contributed by atoms with Crippen molar-refractivity contribution in [2.24, 2.45) is 5.92 Å². The van der Waals surface area contributed by atoms with Crippen molar-refractivity contribution in [2.75, 3.05) is 31.1 Å². The number of amides is 1. The van der Waals surface area contributed by atoms with Crippen LogP contribution in [-0.2, 0) is 19.1 Å². The van der Waals surface area contributed by atoms with Crippen molar-refractivity contribution >= 4 is 21.7 Å². The molecule has 36 heavy (non-hydrogen) atoms. The zero-order valence-corrected chi connectivity index (χ0v) is 20.7. The quantitative estimate of drug-likeness (QED) is 0.469. The van der Waals surface area contributed by atoms with E-state index in [9.17, 15) is 17.6 Å². The lowest BCUT2D eigenvalue weighted by Gasteiger charge is -2.42. The number of aromatic nitrogens is 2. The van der Waals surface area contributed by atoms with Crippen LogP contribution in [0.5, 0.6) is 0 Å². The molecule has 0 spiro atoms. The largest absolute Gasteiger partial charge is 0.368 e. The van der Waals surface area contributed by atoms with Gasteiger partial charge in [0.15, 0.2) is 0 Å². The highest BCUT2D eigenvalue weighted by Crippen LogP contribution is 2.32. The minimum Gasteiger partial charge on any atom is -0.368 e. The van der Waals surface area contributed by atoms with Crippen LogP contribution in [0.4, 0.5) is 10.1 Å². The molecule has 2 aromatic carbocycles. The number of halogens is 1. The Morgan fingerprint density at radius 2 is 1.69 bits per heavy atom. The first-order chi connectivity index (χ1) is 17.3. The highest BCUT2D eigenvalue weighted by atomic mass is 32.2. The second-order valence-corrected chi connectivity index (χ2v) is 10.8. The fraction of sp³-hybridized carbons (Fsp3) is 0.346. The summed E-state index contributed by atoms with van der Waals surface area (Å²) >= 11 is 0. The molecule has 0 atom stereocenters. The lowest BCUT2D eigenvalue weighted by molar-refractivity contribution is -0.145. The Balaban J connectivity index is 1.15. The van der Waals surface area contributed by atoms with E-state index >= 15 is 0 Å². The molecule has 3 aromatic rings. The minimum absolute atomic E-state index is 0.0327. The number of aryl methyl sites for hydroxylation is 1. The molecule has 10 heteroatoms. The number of nitrogens with zero attached hydrogens (tertiary/aromatic N) is 4. The van der Waals surface area contributed by atoms with Crippen LogP contribution in [0.25, 0.3) is 11.3 Å². The number of likely N-dealkylation sites (tertiary alicyclic amines) is 1. The summed E-state index contributed by atoms with van der Waals surface area (Å²) in [4.78, 5) is 25.5. The van der Waals surface area contributed by atoms with Gasteiger partial charge in [0.2, 0.25) is 5.91 Å². The predicted octanol–water partition coefficient (Wildman–Crippen LogP) is 3.42. The molecule has 0 bridgehead atoms. The van der Waals surface area contributed by atoms with Gasteiger partial charge in [-0.05, 0) is 56.2 Å². The third kappa shape index (κ3) is 5.10. The molecule has 3 heterocycles. The van der Waals surface area contributed by atoms with Crippen molar-refractivity contribution < 1.29 is 21.8 Å². The summed E-state index contributed by atoms with van der Waals surface area (Å²) in [6.07, 6.45) is 4.03. The second-order valence-electron chi connectivity index (χ2n) is 9.25. The number of benzene rings is 2. The van der Waals surface area contributed by atoms with E-state index in [-0.39, 0.29) is 35.6 Å². The molecule has 0 unspecified atom stereocenters. The van der Waals surface area contributed by atoms with Gasteiger partial charge in [-0.15, -0.1) is 0 Å². The molecule has 2 fully saturated rings. The first-order valence-corrected chi connectivity index (χ1v) is 13.3. The Kier molecular flexibility index (Phi) is 6.72. The number of carbonyl (C=O) groups is 1. The zero-order valence-electron chi connectivity index (χ0n) is 19.9. The van der Waals surface area contributed by atoms with Gasteiger partial charge in [0.1, 0.15) is 18.2 Å². The van der Waals surface area contributed by atoms with Gasteiger partial charge in [0.05, 0.1) is 35.6 Å². The predicted molar refractivity (Wildman–Crippen MR) is 132 cm³/mol. The lowest BCUT2D eigenvalue weighted by Crippen LogP contribution is -2.57. The molecule has 2 saturated heterocycles. The minimum atomic E-state index is -3.86. The zero-order chi connectivity index (χ0) is 25.3. The number of anilines is 1. The molecule has 1 aromatic heterocycles. The summed E-state index contributed by atoms with van der Waals surface area (Å²) < 4.78 is 43.7. The molecule has 1 amide bonds. The second kappa shape index (κ2) is 9.94. The average molecular weight is 511 g/mol. The standard InChI is InChI=1S/C26H27FN4O4S/c1-18-2-8-23(9-3-18)36(33,34)35-22-15-31(16-22)26(32)20-10-12-30(13-11-20)24-14-28-17-29-25(24)19-4-6-21(27)7-5-19/h2-9,14,17,20,22H,10-13,15-16H2,1H3. The summed E-state index contributed by atoms with van der Waals surface area (Å²) in [6, 6.07) is 12.7. The molecule has 2 aliphatic rings. The molecular weight excluding hydrogens is 483 g/mol. The van der Waals surface area contributed by atoms with E-state index in [4.69, 9.17) is 4.18 Å². The Morgan fingerprint density at radius 3 is 2.36 bits per heavy atom. The summed E-state index contributed by atoms with van der Waals surface area (Å²) in [5, 5.41) is 0. The Labute approximate surface area is 209 Å². The normalized spacial score (nSPS) is 17.2. The molecule has 2 aliphatic heterocycles. The molecule has 8 nitrogen and oxygen atoms in total. The molecule has 0 N–H and O–H groups in total. The van der Waals surface area contributed by atoms with Crippen molar-refractivity contribution in [2.45, 2.75) is 30.8 Å². The third-order valence-electron chi connectivity index (χ3n) is 6.73. The first-order valence-electron chi connectivity index (χ1n) is 11.9. The third-order valence-corrected chi connectivity index (χ3v) is 8.10. The van der Waals surface area contributed by atoms with E-state index in [1.165, 1.54) is 30.6 Å². The summed E-state index contributed by atoms with van der Waals surface area (Å²) in [5.41, 5.74) is 3.35. The molecule has 0 radical (unpaired) electrons. The van der Waals surface area contributed by atoms with Gasteiger partial charge in [-0.3, -0.25) is 8.98 Å². The molecular formula is C26H27FN4O4S. The average Bonchev–Trinajstić information content (AvgIpc) is 2.86. The fourth-order valence-electron chi connectivity index (χ4n) is 4.63. The van der Waals surface area contributed by atoms with Crippen LogP contribution in [0.3, 0.4) is 0 Å². The molecule has 188 valence electrons. The van der Waals surface area contributed by atoms with Crippen molar-refractivity contribution in [3.63, 3.8) is 0 Å². The maximum Gasteiger partial charge on any atom is 0.297 e. The molecule has 0 saturated carbocycles. The van der Waals surface area contributed by atoms with E-state index in [2.05, 4.69) is 14.9 Å². The van der Waals surface area contributed by atoms with E-state index in [0.717, 1.165) is 22.5 Å². The number of rotatable bonds is 6. The van der Waals surface area contributed by atoms with E-state index < -0.39 is 16.2 Å². The van der Waals surface area contributed by atoms with Crippen LogP contribution in [-0.4, -0.2) is 61.5 Å². The van der Waals surface area contributed by atoms with Crippen LogP contribution < -0.4 is 4.90 Å². The Bertz CT molecular complexity index is 1340. The SMILES string of the molecule is Cc1ccc(S(=O)(=O)OC2CN(C(=O)C3CCN(c4cncnc4-c4ccc(F)cc4)CC3)C2)cc1. The Hall–Kier alpha value is -3.37. The maximum atomic E-state index is 13.4. The smallest absolute Gasteiger partial charge is 0.297 e. The first kappa shape index (κ1) is 24.3. The van der Waals surface area contributed by atoms with Crippen molar-refractivity contribution in [3.05, 3.63) is 72.4 Å². The number of carbonyl (C=O) groups excluding carboxylic acids is 1. The topological polar surface area (TPSA) is 92.7 Å². The van der Waals surface area contributed by atoms with Crippen LogP contribution in [0.15, 0.2) is 66.0 Å². The Morgan fingerprint density at radius 1 is 1.03 bits per heavy atom. The van der Waals surface area contributed by atoms with E-state index in [1.807, 2.05) is 6.92 Å². The number of hydrogen-bond acceptors (Lipinski definition) is 7. The van der Waals surface area contributed by atoms with Gasteiger partial charge >= 0.3 is 0 Å². The van der Waals surface area contributed by atoms with Gasteiger partial charge in [0.25, 0.3) is 10.1 Å². The number of piperidine rings is 1. The van der Waals surface area contributed by atoms with Crippen LogP contribution >= 0.6 is 0 Å². The fourth-order valence-corrected chi connectivity index (χ4v) is 5.69. The summed E-state index contributed by atoms with van der Waals surface area (Å²) in [5.74, 6) is -0.403. The van der Waals surface area contributed by atoms with Crippen LogP contribution in [0, 0.1) is 18.7 Å².